The van der Waals surface area contributed by atoms with Gasteiger partial charge in [0.05, 0.1) is 17.3 Å². The fourth-order valence-electron chi connectivity index (χ4n) is 3.86. The van der Waals surface area contributed by atoms with Gasteiger partial charge >= 0.3 is 0 Å². The lowest BCUT2D eigenvalue weighted by molar-refractivity contribution is -0.134. The molecule has 2 amide bonds. The van der Waals surface area contributed by atoms with Crippen molar-refractivity contribution in [2.75, 3.05) is 7.05 Å². The van der Waals surface area contributed by atoms with Gasteiger partial charge in [0.2, 0.25) is 0 Å². The number of aryl methyl sites for hydroxylation is 1. The smallest absolute Gasteiger partial charge is 0.261 e. The highest BCUT2D eigenvalue weighted by molar-refractivity contribution is 6.28. The van der Waals surface area contributed by atoms with Crippen LogP contribution >= 0.6 is 0 Å². The maximum Gasteiger partial charge on any atom is 0.261 e. The summed E-state index contributed by atoms with van der Waals surface area (Å²) >= 11 is 0. The highest BCUT2D eigenvalue weighted by atomic mass is 16.5. The van der Waals surface area contributed by atoms with Crippen molar-refractivity contribution >= 4 is 24.0 Å². The van der Waals surface area contributed by atoms with E-state index in [-0.39, 0.29) is 17.9 Å². The predicted molar refractivity (Wildman–Crippen MR) is 114 cm³/mol. The summed E-state index contributed by atoms with van der Waals surface area (Å²) in [6.07, 6.45) is 8.44. The van der Waals surface area contributed by atoms with E-state index in [1.807, 2.05) is 55.5 Å². The van der Waals surface area contributed by atoms with Crippen molar-refractivity contribution < 1.29 is 14.3 Å². The number of rotatable bonds is 4. The van der Waals surface area contributed by atoms with Gasteiger partial charge in [-0.3, -0.25) is 14.5 Å². The van der Waals surface area contributed by atoms with Gasteiger partial charge in [0, 0.05) is 7.05 Å². The van der Waals surface area contributed by atoms with Crippen molar-refractivity contribution in [3.05, 3.63) is 76.4 Å². The minimum absolute atomic E-state index is 0.269. The molecular weight excluding hydrogens is 362 g/mol. The van der Waals surface area contributed by atoms with Crippen LogP contribution < -0.4 is 4.74 Å². The fourth-order valence-corrected chi connectivity index (χ4v) is 3.86. The van der Waals surface area contributed by atoms with E-state index >= 15 is 0 Å². The first kappa shape index (κ1) is 19.2. The summed E-state index contributed by atoms with van der Waals surface area (Å²) in [6, 6.07) is 15.5. The average molecular weight is 387 g/mol. The van der Waals surface area contributed by atoms with Gasteiger partial charge in [-0.1, -0.05) is 42.5 Å². The van der Waals surface area contributed by atoms with Gasteiger partial charge in [0.25, 0.3) is 11.8 Å². The number of likely N-dealkylation sites (N-methyl/N-ethyl adjacent to an activating group) is 1. The van der Waals surface area contributed by atoms with E-state index in [1.165, 1.54) is 24.8 Å². The Bertz CT molecular complexity index is 998. The van der Waals surface area contributed by atoms with Crippen molar-refractivity contribution in [3.8, 4) is 5.75 Å². The average Bonchev–Trinajstić information content (AvgIpc) is 3.31. The summed E-state index contributed by atoms with van der Waals surface area (Å²) in [5, 5.41) is 0. The Hall–Kier alpha value is -3.14. The molecule has 4 rings (SSSR count). The Balaban J connectivity index is 1.70. The van der Waals surface area contributed by atoms with Crippen LogP contribution in [0.3, 0.4) is 0 Å². The molecule has 0 atom stereocenters. The summed E-state index contributed by atoms with van der Waals surface area (Å²) in [5.41, 5.74) is 3.65. The first-order chi connectivity index (χ1) is 14.0. The number of hydrogen-bond acceptors (Lipinski definition) is 3. The first-order valence-corrected chi connectivity index (χ1v) is 10.1. The van der Waals surface area contributed by atoms with E-state index in [0.717, 1.165) is 35.3 Å². The van der Waals surface area contributed by atoms with Crippen molar-refractivity contribution in [3.63, 3.8) is 0 Å². The summed E-state index contributed by atoms with van der Waals surface area (Å²) in [6.45, 7) is 2.03. The molecule has 4 heteroatoms. The molecule has 148 valence electrons. The molecule has 1 saturated carbocycles. The van der Waals surface area contributed by atoms with Gasteiger partial charge < -0.3 is 4.74 Å². The molecule has 1 heterocycles. The zero-order valence-electron chi connectivity index (χ0n) is 16.9. The van der Waals surface area contributed by atoms with Crippen molar-refractivity contribution in [2.24, 2.45) is 0 Å². The molecule has 2 fully saturated rings. The van der Waals surface area contributed by atoms with Gasteiger partial charge in [-0.25, -0.2) is 0 Å². The van der Waals surface area contributed by atoms with Gasteiger partial charge in [-0.2, -0.15) is 0 Å². The molecule has 1 aliphatic heterocycles. The van der Waals surface area contributed by atoms with Crippen molar-refractivity contribution in [1.29, 1.82) is 0 Å². The van der Waals surface area contributed by atoms with Crippen molar-refractivity contribution in [2.45, 2.75) is 38.7 Å². The van der Waals surface area contributed by atoms with Crippen LogP contribution in [-0.4, -0.2) is 29.9 Å². The molecule has 0 radical (unpaired) electrons. The lowest BCUT2D eigenvalue weighted by Crippen LogP contribution is -2.24. The normalized spacial score (nSPS) is 20.3. The van der Waals surface area contributed by atoms with Crippen LogP contribution in [0.4, 0.5) is 0 Å². The van der Waals surface area contributed by atoms with Gasteiger partial charge in [0.1, 0.15) is 5.75 Å². The van der Waals surface area contributed by atoms with E-state index in [0.29, 0.717) is 11.1 Å². The Morgan fingerprint density at radius 3 is 2.17 bits per heavy atom. The molecule has 29 heavy (non-hydrogen) atoms. The molecule has 4 nitrogen and oxygen atoms in total. The Morgan fingerprint density at radius 2 is 1.52 bits per heavy atom. The second-order valence-corrected chi connectivity index (χ2v) is 7.75. The standard InChI is InChI=1S/C25H25NO3/c1-17-12-13-19(16-23(17)29-20-10-6-7-11-20)15-22-21(24(27)26(2)25(22)28)14-18-8-4-3-5-9-18/h3-5,8-9,12-16,20H,6-7,10-11H2,1-2H3/b21-14+,22-15+. The van der Waals surface area contributed by atoms with E-state index in [4.69, 9.17) is 4.74 Å². The number of imide groups is 1. The molecule has 0 bridgehead atoms. The third kappa shape index (κ3) is 4.02. The van der Waals surface area contributed by atoms with Crippen LogP contribution in [0.5, 0.6) is 5.75 Å². The van der Waals surface area contributed by atoms with Crippen LogP contribution in [0.1, 0.15) is 42.4 Å². The van der Waals surface area contributed by atoms with Crippen LogP contribution in [0.2, 0.25) is 0 Å². The number of amides is 2. The van der Waals surface area contributed by atoms with E-state index in [1.54, 1.807) is 12.2 Å². The summed E-state index contributed by atoms with van der Waals surface area (Å²) in [4.78, 5) is 26.5. The lowest BCUT2D eigenvalue weighted by atomic mass is 10.0. The zero-order chi connectivity index (χ0) is 20.4. The number of ether oxygens (including phenoxy) is 1. The Labute approximate surface area is 171 Å². The van der Waals surface area contributed by atoms with Crippen LogP contribution in [0.15, 0.2) is 59.7 Å². The minimum Gasteiger partial charge on any atom is -0.490 e. The number of nitrogens with zero attached hydrogens (tertiary/aromatic N) is 1. The maximum atomic E-state index is 12.7. The lowest BCUT2D eigenvalue weighted by Gasteiger charge is -2.15. The maximum absolute atomic E-state index is 12.7. The largest absolute Gasteiger partial charge is 0.490 e. The second kappa shape index (κ2) is 8.08. The SMILES string of the molecule is Cc1ccc(/C=C2/C(=O)N(C)C(=O)/C2=C/c2ccccc2)cc1OC1CCCC1. The monoisotopic (exact) mass is 387 g/mol. The van der Waals surface area contributed by atoms with E-state index < -0.39 is 0 Å². The Morgan fingerprint density at radius 1 is 0.897 bits per heavy atom. The molecule has 0 N–H and O–H groups in total. The molecule has 1 saturated heterocycles. The summed E-state index contributed by atoms with van der Waals surface area (Å²) < 4.78 is 6.20. The van der Waals surface area contributed by atoms with E-state index in [9.17, 15) is 9.59 Å². The van der Waals surface area contributed by atoms with Gasteiger partial charge in [-0.15, -0.1) is 0 Å². The Kier molecular flexibility index (Phi) is 5.34. The topological polar surface area (TPSA) is 46.6 Å². The number of carbonyl (C=O) groups excluding carboxylic acids is 2. The predicted octanol–water partition coefficient (Wildman–Crippen LogP) is 4.78. The molecular formula is C25H25NO3. The van der Waals surface area contributed by atoms with Crippen molar-refractivity contribution in [1.82, 2.24) is 4.90 Å². The third-order valence-electron chi connectivity index (χ3n) is 5.59. The molecule has 0 spiro atoms. The second-order valence-electron chi connectivity index (χ2n) is 7.75. The molecule has 2 aliphatic rings. The quantitative estimate of drug-likeness (QED) is 0.560. The minimum atomic E-state index is -0.281. The molecule has 1 aliphatic carbocycles. The third-order valence-corrected chi connectivity index (χ3v) is 5.59. The van der Waals surface area contributed by atoms with E-state index in [2.05, 4.69) is 0 Å². The zero-order valence-corrected chi connectivity index (χ0v) is 16.9. The molecule has 2 aromatic carbocycles. The number of carbonyl (C=O) groups is 2. The van der Waals surface area contributed by atoms with Gasteiger partial charge in [0.15, 0.2) is 0 Å². The molecule has 0 unspecified atom stereocenters. The fraction of sp³-hybridized carbons (Fsp3) is 0.280. The highest BCUT2D eigenvalue weighted by Crippen LogP contribution is 2.31. The van der Waals surface area contributed by atoms with Crippen LogP contribution in [0.25, 0.3) is 12.2 Å². The number of benzene rings is 2. The van der Waals surface area contributed by atoms with Gasteiger partial charge in [-0.05, 0) is 67.5 Å². The number of hydrogen-bond donors (Lipinski definition) is 0. The van der Waals surface area contributed by atoms with Crippen LogP contribution in [-0.2, 0) is 9.59 Å². The first-order valence-electron chi connectivity index (χ1n) is 10.1. The molecule has 2 aromatic rings. The summed E-state index contributed by atoms with van der Waals surface area (Å²) in [5.74, 6) is 0.292. The number of likely N-dealkylation sites (tertiary alicyclic amines) is 1. The molecule has 0 aromatic heterocycles. The highest BCUT2D eigenvalue weighted by Gasteiger charge is 2.36. The van der Waals surface area contributed by atoms with Crippen LogP contribution in [0, 0.1) is 6.92 Å². The summed E-state index contributed by atoms with van der Waals surface area (Å²) in [7, 11) is 1.52.